The van der Waals surface area contributed by atoms with E-state index in [0.717, 1.165) is 50.3 Å². The molecule has 1 unspecified atom stereocenters. The number of rotatable bonds is 6. The molecule has 0 N–H and O–H groups in total. The van der Waals surface area contributed by atoms with E-state index in [0.29, 0.717) is 12.5 Å². The second kappa shape index (κ2) is 7.47. The second-order valence-electron chi connectivity index (χ2n) is 5.63. The lowest BCUT2D eigenvalue weighted by molar-refractivity contribution is -0.0128. The van der Waals surface area contributed by atoms with E-state index in [9.17, 15) is 0 Å². The summed E-state index contributed by atoms with van der Waals surface area (Å²) in [5.41, 5.74) is 1.12. The van der Waals surface area contributed by atoms with Crippen LogP contribution in [0.15, 0.2) is 29.0 Å². The summed E-state index contributed by atoms with van der Waals surface area (Å²) >= 11 is 0. The minimum atomic E-state index is 0.256. The molecule has 1 aliphatic heterocycles. The molecule has 1 aliphatic rings. The number of aryl methyl sites for hydroxylation is 1. The van der Waals surface area contributed by atoms with Crippen molar-refractivity contribution in [3.05, 3.63) is 41.8 Å². The molecule has 1 saturated heterocycles. The molecule has 22 heavy (non-hydrogen) atoms. The van der Waals surface area contributed by atoms with Gasteiger partial charge in [-0.1, -0.05) is 18.1 Å². The van der Waals surface area contributed by atoms with Crippen LogP contribution in [0, 0.1) is 0 Å². The minimum absolute atomic E-state index is 0.256. The van der Waals surface area contributed by atoms with Gasteiger partial charge in [-0.25, -0.2) is 0 Å². The van der Waals surface area contributed by atoms with Crippen molar-refractivity contribution in [3.8, 4) is 0 Å². The number of likely N-dealkylation sites (tertiary alicyclic amines) is 1. The van der Waals surface area contributed by atoms with Crippen LogP contribution in [-0.4, -0.2) is 39.2 Å². The molecule has 0 bridgehead atoms. The van der Waals surface area contributed by atoms with Crippen LogP contribution in [0.25, 0.3) is 0 Å². The van der Waals surface area contributed by atoms with E-state index in [1.54, 1.807) is 6.20 Å². The molecule has 0 aliphatic carbocycles. The summed E-state index contributed by atoms with van der Waals surface area (Å²) in [6.45, 7) is 5.34. The van der Waals surface area contributed by atoms with Gasteiger partial charge in [-0.15, -0.1) is 0 Å². The van der Waals surface area contributed by atoms with Crippen molar-refractivity contribution in [3.63, 3.8) is 0 Å². The first kappa shape index (κ1) is 15.1. The third-order valence-corrected chi connectivity index (χ3v) is 3.85. The molecule has 3 heterocycles. The van der Waals surface area contributed by atoms with E-state index in [1.165, 1.54) is 0 Å². The van der Waals surface area contributed by atoms with Crippen molar-refractivity contribution in [2.24, 2.45) is 0 Å². The van der Waals surface area contributed by atoms with Crippen LogP contribution >= 0.6 is 0 Å². The zero-order chi connectivity index (χ0) is 15.2. The molecule has 6 nitrogen and oxygen atoms in total. The van der Waals surface area contributed by atoms with Crippen molar-refractivity contribution >= 4 is 0 Å². The van der Waals surface area contributed by atoms with Crippen LogP contribution in [0.2, 0.25) is 0 Å². The van der Waals surface area contributed by atoms with Crippen molar-refractivity contribution in [2.45, 2.75) is 45.4 Å². The van der Waals surface area contributed by atoms with Crippen molar-refractivity contribution in [1.82, 2.24) is 20.0 Å². The van der Waals surface area contributed by atoms with Gasteiger partial charge in [0, 0.05) is 25.4 Å². The molecule has 0 radical (unpaired) electrons. The van der Waals surface area contributed by atoms with Gasteiger partial charge in [-0.3, -0.25) is 9.88 Å². The molecular formula is C16H22N4O2. The van der Waals surface area contributed by atoms with Gasteiger partial charge in [-0.05, 0) is 31.0 Å². The Kier molecular flexibility index (Phi) is 5.13. The Bertz CT molecular complexity index is 573. The molecule has 0 amide bonds. The predicted molar refractivity (Wildman–Crippen MR) is 81.0 cm³/mol. The minimum Gasteiger partial charge on any atom is -0.372 e. The Hall–Kier alpha value is -1.79. The monoisotopic (exact) mass is 302 g/mol. The van der Waals surface area contributed by atoms with Gasteiger partial charge in [0.05, 0.1) is 19.3 Å². The average molecular weight is 302 g/mol. The highest BCUT2D eigenvalue weighted by atomic mass is 16.5. The van der Waals surface area contributed by atoms with E-state index in [2.05, 4.69) is 20.0 Å². The van der Waals surface area contributed by atoms with Crippen molar-refractivity contribution < 1.29 is 9.26 Å². The Morgan fingerprint density at radius 3 is 3.18 bits per heavy atom. The molecule has 0 aromatic carbocycles. The Balaban J connectivity index is 1.48. The topological polar surface area (TPSA) is 64.3 Å². The summed E-state index contributed by atoms with van der Waals surface area (Å²) in [6.07, 6.45) is 6.91. The summed E-state index contributed by atoms with van der Waals surface area (Å²) < 4.78 is 11.2. The van der Waals surface area contributed by atoms with Gasteiger partial charge in [0.15, 0.2) is 5.82 Å². The molecular weight excluding hydrogens is 280 g/mol. The van der Waals surface area contributed by atoms with Crippen LogP contribution in [0.5, 0.6) is 0 Å². The third kappa shape index (κ3) is 4.11. The SMILES string of the molecule is CCc1nc(CN2CCCC(OCc3cccnc3)C2)no1. The van der Waals surface area contributed by atoms with Crippen molar-refractivity contribution in [2.75, 3.05) is 13.1 Å². The van der Waals surface area contributed by atoms with Crippen LogP contribution < -0.4 is 0 Å². The number of pyridine rings is 1. The fourth-order valence-electron chi connectivity index (χ4n) is 2.69. The molecule has 118 valence electrons. The fraction of sp³-hybridized carbons (Fsp3) is 0.562. The molecule has 2 aromatic heterocycles. The highest BCUT2D eigenvalue weighted by Gasteiger charge is 2.22. The van der Waals surface area contributed by atoms with Gasteiger partial charge in [0.2, 0.25) is 5.89 Å². The molecule has 6 heteroatoms. The lowest BCUT2D eigenvalue weighted by Crippen LogP contribution is -2.39. The van der Waals surface area contributed by atoms with E-state index in [1.807, 2.05) is 25.3 Å². The molecule has 0 spiro atoms. The number of piperidine rings is 1. The number of hydrogen-bond acceptors (Lipinski definition) is 6. The number of ether oxygens (including phenoxy) is 1. The summed E-state index contributed by atoms with van der Waals surface area (Å²) in [5, 5.41) is 4.02. The van der Waals surface area contributed by atoms with Crippen LogP contribution in [0.1, 0.15) is 37.0 Å². The average Bonchev–Trinajstić information content (AvgIpc) is 3.02. The van der Waals surface area contributed by atoms with Crippen LogP contribution in [0.3, 0.4) is 0 Å². The van der Waals surface area contributed by atoms with E-state index >= 15 is 0 Å². The lowest BCUT2D eigenvalue weighted by Gasteiger charge is -2.31. The first-order chi connectivity index (χ1) is 10.8. The van der Waals surface area contributed by atoms with E-state index < -0.39 is 0 Å². The fourth-order valence-corrected chi connectivity index (χ4v) is 2.69. The number of aromatic nitrogens is 3. The third-order valence-electron chi connectivity index (χ3n) is 3.85. The highest BCUT2D eigenvalue weighted by molar-refractivity contribution is 5.06. The van der Waals surface area contributed by atoms with Crippen LogP contribution in [-0.2, 0) is 24.3 Å². The molecule has 0 saturated carbocycles. The van der Waals surface area contributed by atoms with Crippen LogP contribution in [0.4, 0.5) is 0 Å². The number of hydrogen-bond donors (Lipinski definition) is 0. The Morgan fingerprint density at radius 1 is 1.45 bits per heavy atom. The standard InChI is InChI=1S/C16H22N4O2/c1-2-16-18-15(19-22-16)11-20-8-4-6-14(10-20)21-12-13-5-3-7-17-9-13/h3,5,7,9,14H,2,4,6,8,10-12H2,1H3. The first-order valence-electron chi connectivity index (χ1n) is 7.88. The summed E-state index contributed by atoms with van der Waals surface area (Å²) in [6, 6.07) is 3.98. The largest absolute Gasteiger partial charge is 0.372 e. The maximum Gasteiger partial charge on any atom is 0.226 e. The van der Waals surface area contributed by atoms with E-state index in [-0.39, 0.29) is 6.10 Å². The maximum absolute atomic E-state index is 6.02. The second-order valence-corrected chi connectivity index (χ2v) is 5.63. The van der Waals surface area contributed by atoms with E-state index in [4.69, 9.17) is 9.26 Å². The quantitative estimate of drug-likeness (QED) is 0.815. The van der Waals surface area contributed by atoms with Gasteiger partial charge in [0.1, 0.15) is 0 Å². The van der Waals surface area contributed by atoms with Gasteiger partial charge in [0.25, 0.3) is 0 Å². The summed E-state index contributed by atoms with van der Waals surface area (Å²) in [5.74, 6) is 1.47. The Labute approximate surface area is 130 Å². The molecule has 1 fully saturated rings. The van der Waals surface area contributed by atoms with Crippen molar-refractivity contribution in [1.29, 1.82) is 0 Å². The lowest BCUT2D eigenvalue weighted by atomic mass is 10.1. The Morgan fingerprint density at radius 2 is 2.41 bits per heavy atom. The number of nitrogens with zero attached hydrogens (tertiary/aromatic N) is 4. The first-order valence-corrected chi connectivity index (χ1v) is 7.88. The van der Waals surface area contributed by atoms with Gasteiger partial charge < -0.3 is 9.26 Å². The maximum atomic E-state index is 6.02. The zero-order valence-electron chi connectivity index (χ0n) is 12.9. The van der Waals surface area contributed by atoms with Gasteiger partial charge >= 0.3 is 0 Å². The summed E-state index contributed by atoms with van der Waals surface area (Å²) in [7, 11) is 0. The summed E-state index contributed by atoms with van der Waals surface area (Å²) in [4.78, 5) is 10.8. The smallest absolute Gasteiger partial charge is 0.226 e. The normalized spacial score (nSPS) is 19.4. The molecule has 2 aromatic rings. The zero-order valence-corrected chi connectivity index (χ0v) is 12.9. The van der Waals surface area contributed by atoms with Gasteiger partial charge in [-0.2, -0.15) is 4.98 Å². The molecule has 1 atom stereocenters. The highest BCUT2D eigenvalue weighted by Crippen LogP contribution is 2.16. The molecule has 3 rings (SSSR count). The predicted octanol–water partition coefficient (Wildman–Crippen LogP) is 2.21.